The van der Waals surface area contributed by atoms with Gasteiger partial charge in [0.15, 0.2) is 0 Å². The molecule has 5 nitrogen and oxygen atoms in total. The van der Waals surface area contributed by atoms with E-state index in [1.807, 2.05) is 18.2 Å². The summed E-state index contributed by atoms with van der Waals surface area (Å²) in [7, 11) is 0. The average Bonchev–Trinajstić information content (AvgIpc) is 2.50. The molecular weight excluding hydrogens is 266 g/mol. The summed E-state index contributed by atoms with van der Waals surface area (Å²) in [5, 5.41) is 2.87. The van der Waals surface area contributed by atoms with Crippen LogP contribution in [0.15, 0.2) is 24.3 Å². The van der Waals surface area contributed by atoms with E-state index in [2.05, 4.69) is 17.1 Å². The highest BCUT2D eigenvalue weighted by Gasteiger charge is 2.20. The Morgan fingerprint density at radius 3 is 3.05 bits per heavy atom. The molecule has 0 spiro atoms. The second-order valence-corrected chi connectivity index (χ2v) is 5.41. The first-order valence-electron chi connectivity index (χ1n) is 7.67. The molecule has 116 valence electrons. The van der Waals surface area contributed by atoms with Crippen LogP contribution in [0.5, 0.6) is 0 Å². The topological polar surface area (TPSA) is 67.6 Å². The molecule has 1 fully saturated rings. The van der Waals surface area contributed by atoms with Crippen molar-refractivity contribution >= 4 is 17.3 Å². The van der Waals surface area contributed by atoms with Gasteiger partial charge in [-0.2, -0.15) is 0 Å². The molecule has 0 bridgehead atoms. The van der Waals surface area contributed by atoms with E-state index in [0.29, 0.717) is 23.8 Å². The van der Waals surface area contributed by atoms with Gasteiger partial charge in [0.2, 0.25) is 5.91 Å². The third kappa shape index (κ3) is 4.72. The molecule has 3 N–H and O–H groups in total. The third-order valence-electron chi connectivity index (χ3n) is 3.90. The second-order valence-electron chi connectivity index (χ2n) is 5.41. The van der Waals surface area contributed by atoms with E-state index >= 15 is 0 Å². The fraction of sp³-hybridized carbons (Fsp3) is 0.562. The van der Waals surface area contributed by atoms with Crippen molar-refractivity contribution in [2.45, 2.75) is 32.2 Å². The lowest BCUT2D eigenvalue weighted by molar-refractivity contribution is -0.116. The highest BCUT2D eigenvalue weighted by atomic mass is 16.5. The van der Waals surface area contributed by atoms with Crippen molar-refractivity contribution in [3.8, 4) is 0 Å². The number of para-hydroxylation sites is 2. The predicted molar refractivity (Wildman–Crippen MR) is 85.2 cm³/mol. The largest absolute Gasteiger partial charge is 0.397 e. The first-order valence-corrected chi connectivity index (χ1v) is 7.67. The van der Waals surface area contributed by atoms with Crippen LogP contribution >= 0.6 is 0 Å². The Bertz CT molecular complexity index is 465. The number of anilines is 2. The lowest BCUT2D eigenvalue weighted by Gasteiger charge is -2.34. The number of carbonyl (C=O) groups is 1. The fourth-order valence-corrected chi connectivity index (χ4v) is 2.63. The van der Waals surface area contributed by atoms with Crippen LogP contribution < -0.4 is 11.1 Å². The van der Waals surface area contributed by atoms with Gasteiger partial charge in [-0.1, -0.05) is 19.1 Å². The van der Waals surface area contributed by atoms with Crippen molar-refractivity contribution < 1.29 is 9.53 Å². The number of amides is 1. The number of nitrogen functional groups attached to an aromatic ring is 1. The molecule has 0 saturated carbocycles. The zero-order chi connectivity index (χ0) is 15.1. The average molecular weight is 291 g/mol. The van der Waals surface area contributed by atoms with Gasteiger partial charge in [-0.05, 0) is 31.5 Å². The maximum Gasteiger partial charge on any atom is 0.224 e. The van der Waals surface area contributed by atoms with Gasteiger partial charge in [0.25, 0.3) is 0 Å². The summed E-state index contributed by atoms with van der Waals surface area (Å²) >= 11 is 0. The predicted octanol–water partition coefficient (Wildman–Crippen LogP) is 2.10. The van der Waals surface area contributed by atoms with Gasteiger partial charge >= 0.3 is 0 Å². The molecule has 5 heteroatoms. The van der Waals surface area contributed by atoms with Crippen LogP contribution in [0.4, 0.5) is 11.4 Å². The SMILES string of the molecule is CCC1COCCN1CCCC(=O)Nc1ccccc1N. The number of rotatable bonds is 6. The molecule has 1 unspecified atom stereocenters. The van der Waals surface area contributed by atoms with Crippen LogP contribution in [0.1, 0.15) is 26.2 Å². The van der Waals surface area contributed by atoms with Crippen molar-refractivity contribution in [2.24, 2.45) is 0 Å². The van der Waals surface area contributed by atoms with E-state index in [0.717, 1.165) is 39.1 Å². The summed E-state index contributed by atoms with van der Waals surface area (Å²) in [6.07, 6.45) is 2.46. The second kappa shape index (κ2) is 8.00. The van der Waals surface area contributed by atoms with Gasteiger partial charge in [0.05, 0.1) is 24.6 Å². The quantitative estimate of drug-likeness (QED) is 0.788. The van der Waals surface area contributed by atoms with E-state index in [1.54, 1.807) is 6.07 Å². The molecule has 1 aromatic carbocycles. The summed E-state index contributed by atoms with van der Waals surface area (Å²) < 4.78 is 5.49. The minimum Gasteiger partial charge on any atom is -0.397 e. The number of nitrogens with zero attached hydrogens (tertiary/aromatic N) is 1. The van der Waals surface area contributed by atoms with E-state index in [-0.39, 0.29) is 5.91 Å². The first kappa shape index (κ1) is 15.8. The molecule has 1 aliphatic heterocycles. The summed E-state index contributed by atoms with van der Waals surface area (Å²) in [6, 6.07) is 7.82. The number of nitrogens with one attached hydrogen (secondary N) is 1. The molecular formula is C16H25N3O2. The Hall–Kier alpha value is -1.59. The van der Waals surface area contributed by atoms with E-state index < -0.39 is 0 Å². The molecule has 1 atom stereocenters. The molecule has 2 rings (SSSR count). The zero-order valence-corrected chi connectivity index (χ0v) is 12.7. The molecule has 1 heterocycles. The lowest BCUT2D eigenvalue weighted by Crippen LogP contribution is -2.45. The minimum absolute atomic E-state index is 0.0224. The molecule has 0 aromatic heterocycles. The van der Waals surface area contributed by atoms with Crippen molar-refractivity contribution in [2.75, 3.05) is 37.4 Å². The zero-order valence-electron chi connectivity index (χ0n) is 12.7. The van der Waals surface area contributed by atoms with E-state index in [4.69, 9.17) is 10.5 Å². The number of morpholine rings is 1. The third-order valence-corrected chi connectivity index (χ3v) is 3.90. The van der Waals surface area contributed by atoms with Crippen LogP contribution in [0, 0.1) is 0 Å². The van der Waals surface area contributed by atoms with Gasteiger partial charge < -0.3 is 15.8 Å². The van der Waals surface area contributed by atoms with Gasteiger partial charge in [0, 0.05) is 19.0 Å². The van der Waals surface area contributed by atoms with Crippen LogP contribution in [0.3, 0.4) is 0 Å². The van der Waals surface area contributed by atoms with Crippen molar-refractivity contribution in [1.29, 1.82) is 0 Å². The maximum atomic E-state index is 11.9. The smallest absolute Gasteiger partial charge is 0.224 e. The lowest BCUT2D eigenvalue weighted by atomic mass is 10.1. The number of carbonyl (C=O) groups excluding carboxylic acids is 1. The number of hydrogen-bond acceptors (Lipinski definition) is 4. The van der Waals surface area contributed by atoms with Crippen LogP contribution in [-0.4, -0.2) is 43.2 Å². The molecule has 1 amide bonds. The monoisotopic (exact) mass is 291 g/mol. The fourth-order valence-electron chi connectivity index (χ4n) is 2.63. The van der Waals surface area contributed by atoms with Crippen molar-refractivity contribution in [3.63, 3.8) is 0 Å². The van der Waals surface area contributed by atoms with Gasteiger partial charge in [-0.15, -0.1) is 0 Å². The van der Waals surface area contributed by atoms with Crippen LogP contribution in [0.2, 0.25) is 0 Å². The van der Waals surface area contributed by atoms with Crippen molar-refractivity contribution in [3.05, 3.63) is 24.3 Å². The number of nitrogens with two attached hydrogens (primary N) is 1. The standard InChI is InChI=1S/C16H25N3O2/c1-2-13-12-21-11-10-19(13)9-5-8-16(20)18-15-7-4-3-6-14(15)17/h3-4,6-7,13H,2,5,8-12,17H2,1H3,(H,18,20). The van der Waals surface area contributed by atoms with Gasteiger partial charge in [-0.25, -0.2) is 0 Å². The van der Waals surface area contributed by atoms with E-state index in [1.165, 1.54) is 0 Å². The Kier molecular flexibility index (Phi) is 6.02. The Morgan fingerprint density at radius 2 is 2.29 bits per heavy atom. The minimum atomic E-state index is 0.0224. The van der Waals surface area contributed by atoms with Crippen LogP contribution in [0.25, 0.3) is 0 Å². The maximum absolute atomic E-state index is 11.9. The van der Waals surface area contributed by atoms with Crippen molar-refractivity contribution in [1.82, 2.24) is 4.90 Å². The van der Waals surface area contributed by atoms with E-state index in [9.17, 15) is 4.79 Å². The molecule has 0 radical (unpaired) electrons. The Labute approximate surface area is 126 Å². The summed E-state index contributed by atoms with van der Waals surface area (Å²) in [5.74, 6) is 0.0224. The first-order chi connectivity index (χ1) is 10.2. The molecule has 0 aliphatic carbocycles. The number of ether oxygens (including phenoxy) is 1. The molecule has 1 aromatic rings. The van der Waals surface area contributed by atoms with Gasteiger partial charge in [0.1, 0.15) is 0 Å². The Morgan fingerprint density at radius 1 is 1.48 bits per heavy atom. The highest BCUT2D eigenvalue weighted by Crippen LogP contribution is 2.17. The molecule has 1 aliphatic rings. The molecule has 1 saturated heterocycles. The molecule has 21 heavy (non-hydrogen) atoms. The normalized spacial score (nSPS) is 19.4. The Balaban J connectivity index is 1.73. The summed E-state index contributed by atoms with van der Waals surface area (Å²) in [5.41, 5.74) is 7.11. The number of benzene rings is 1. The highest BCUT2D eigenvalue weighted by molar-refractivity contribution is 5.93. The summed E-state index contributed by atoms with van der Waals surface area (Å²) in [4.78, 5) is 14.4. The van der Waals surface area contributed by atoms with Gasteiger partial charge in [-0.3, -0.25) is 9.69 Å². The summed E-state index contributed by atoms with van der Waals surface area (Å²) in [6.45, 7) is 5.69. The number of hydrogen-bond donors (Lipinski definition) is 2. The van der Waals surface area contributed by atoms with Crippen LogP contribution in [-0.2, 0) is 9.53 Å².